The molecule has 2 heterocycles. The molecule has 13 heavy (non-hydrogen) atoms. The van der Waals surface area contributed by atoms with Gasteiger partial charge >= 0.3 is 0 Å². The Labute approximate surface area is 75.6 Å². The highest BCUT2D eigenvalue weighted by molar-refractivity contribution is 5.47. The van der Waals surface area contributed by atoms with Crippen molar-refractivity contribution in [2.75, 3.05) is 0 Å². The van der Waals surface area contributed by atoms with E-state index in [1.165, 1.54) is 6.26 Å². The molecule has 0 N–H and O–H groups in total. The molecule has 4 nitrogen and oxygen atoms in total. The van der Waals surface area contributed by atoms with E-state index >= 15 is 0 Å². The van der Waals surface area contributed by atoms with Crippen LogP contribution < -0.4 is 0 Å². The van der Waals surface area contributed by atoms with E-state index in [0.29, 0.717) is 11.5 Å². The van der Waals surface area contributed by atoms with Gasteiger partial charge in [-0.25, -0.2) is 9.97 Å². The van der Waals surface area contributed by atoms with Crippen molar-refractivity contribution in [1.29, 1.82) is 0 Å². The predicted molar refractivity (Wildman–Crippen MR) is 47.0 cm³/mol. The van der Waals surface area contributed by atoms with Gasteiger partial charge < -0.3 is 4.52 Å². The molecule has 4 heteroatoms. The van der Waals surface area contributed by atoms with Crippen LogP contribution in [-0.2, 0) is 0 Å². The fourth-order valence-electron chi connectivity index (χ4n) is 1.17. The third-order valence-electron chi connectivity index (χ3n) is 1.65. The molecule has 0 saturated carbocycles. The largest absolute Gasteiger partial charge is 0.364 e. The maximum Gasteiger partial charge on any atom is 0.182 e. The summed E-state index contributed by atoms with van der Waals surface area (Å²) in [6.07, 6.45) is 1.51. The van der Waals surface area contributed by atoms with Crippen LogP contribution in [0.2, 0.25) is 0 Å². The molecule has 0 saturated heterocycles. The Bertz CT molecular complexity index is 389. The molecule has 0 spiro atoms. The molecule has 0 fully saturated rings. The second-order valence-electron chi connectivity index (χ2n) is 2.86. The topological polar surface area (TPSA) is 51.8 Å². The van der Waals surface area contributed by atoms with E-state index < -0.39 is 0 Å². The average molecular weight is 175 g/mol. The van der Waals surface area contributed by atoms with Crippen molar-refractivity contribution in [3.63, 3.8) is 0 Å². The first-order valence-electron chi connectivity index (χ1n) is 3.99. The molecular formula is C9H9N3O. The zero-order valence-electron chi connectivity index (χ0n) is 7.48. The van der Waals surface area contributed by atoms with Crippen LogP contribution in [0.25, 0.3) is 11.5 Å². The quantitative estimate of drug-likeness (QED) is 0.662. The highest BCUT2D eigenvalue weighted by Gasteiger charge is 2.05. The van der Waals surface area contributed by atoms with Crippen LogP contribution in [0.15, 0.2) is 22.9 Å². The monoisotopic (exact) mass is 175 g/mol. The van der Waals surface area contributed by atoms with Crippen LogP contribution in [-0.4, -0.2) is 15.1 Å². The van der Waals surface area contributed by atoms with Crippen molar-refractivity contribution in [1.82, 2.24) is 15.1 Å². The van der Waals surface area contributed by atoms with Gasteiger partial charge in [0.25, 0.3) is 0 Å². The van der Waals surface area contributed by atoms with Gasteiger partial charge in [0, 0.05) is 17.5 Å². The molecule has 0 aliphatic rings. The maximum atomic E-state index is 4.72. The molecule has 0 aliphatic carbocycles. The van der Waals surface area contributed by atoms with Crippen molar-refractivity contribution in [3.8, 4) is 11.5 Å². The molecule has 2 rings (SSSR count). The van der Waals surface area contributed by atoms with Gasteiger partial charge in [-0.15, -0.1) is 0 Å². The molecule has 0 aliphatic heterocycles. The number of aromatic nitrogens is 3. The maximum absolute atomic E-state index is 4.72. The minimum atomic E-state index is 0.617. The summed E-state index contributed by atoms with van der Waals surface area (Å²) in [5, 5.41) is 3.77. The van der Waals surface area contributed by atoms with Crippen molar-refractivity contribution >= 4 is 0 Å². The zero-order chi connectivity index (χ0) is 9.26. The van der Waals surface area contributed by atoms with E-state index in [4.69, 9.17) is 4.52 Å². The second-order valence-corrected chi connectivity index (χ2v) is 2.86. The molecular weight excluding hydrogens is 166 g/mol. The van der Waals surface area contributed by atoms with Gasteiger partial charge in [-0.2, -0.15) is 0 Å². The van der Waals surface area contributed by atoms with Gasteiger partial charge in [0.2, 0.25) is 0 Å². The average Bonchev–Trinajstić information content (AvgIpc) is 2.53. The highest BCUT2D eigenvalue weighted by Crippen LogP contribution is 2.12. The fraction of sp³-hybridized carbons (Fsp3) is 0.222. The molecule has 0 amide bonds. The first-order valence-corrected chi connectivity index (χ1v) is 3.99. The Morgan fingerprint density at radius 2 is 1.85 bits per heavy atom. The van der Waals surface area contributed by atoms with E-state index in [2.05, 4.69) is 15.1 Å². The van der Waals surface area contributed by atoms with Crippen LogP contribution >= 0.6 is 0 Å². The first-order chi connectivity index (χ1) is 6.25. The summed E-state index contributed by atoms with van der Waals surface area (Å²) < 4.78 is 4.72. The van der Waals surface area contributed by atoms with E-state index in [1.54, 1.807) is 6.07 Å². The molecule has 0 bridgehead atoms. The summed E-state index contributed by atoms with van der Waals surface area (Å²) in [5.41, 5.74) is 2.54. The van der Waals surface area contributed by atoms with Crippen LogP contribution in [0.3, 0.4) is 0 Å². The third kappa shape index (κ3) is 1.56. The van der Waals surface area contributed by atoms with Gasteiger partial charge in [-0.05, 0) is 19.9 Å². The minimum absolute atomic E-state index is 0.617. The van der Waals surface area contributed by atoms with Crippen molar-refractivity contribution in [2.45, 2.75) is 13.8 Å². The Morgan fingerprint density at radius 1 is 1.15 bits per heavy atom. The van der Waals surface area contributed by atoms with E-state index in [0.717, 1.165) is 11.4 Å². The van der Waals surface area contributed by atoms with E-state index in [9.17, 15) is 0 Å². The summed E-state index contributed by atoms with van der Waals surface area (Å²) in [6, 6.07) is 3.66. The molecule has 66 valence electrons. The smallest absolute Gasteiger partial charge is 0.182 e. The molecule has 0 atom stereocenters. The highest BCUT2D eigenvalue weighted by atomic mass is 16.5. The van der Waals surface area contributed by atoms with Gasteiger partial charge in [0.05, 0.1) is 0 Å². The van der Waals surface area contributed by atoms with Crippen LogP contribution in [0.1, 0.15) is 11.4 Å². The number of hydrogen-bond acceptors (Lipinski definition) is 4. The van der Waals surface area contributed by atoms with Crippen LogP contribution in [0.4, 0.5) is 0 Å². The second kappa shape index (κ2) is 2.97. The van der Waals surface area contributed by atoms with Crippen LogP contribution in [0, 0.1) is 13.8 Å². The Hall–Kier alpha value is -1.71. The van der Waals surface area contributed by atoms with Gasteiger partial charge in [0.1, 0.15) is 6.26 Å². The van der Waals surface area contributed by atoms with E-state index in [-0.39, 0.29) is 0 Å². The standard InChI is InChI=1S/C9H9N3O/c1-6-5-7(2)11-9(10-6)8-3-4-13-12-8/h3-5H,1-2H3. The lowest BCUT2D eigenvalue weighted by Gasteiger charge is -1.98. The Kier molecular flexibility index (Phi) is 1.81. The lowest BCUT2D eigenvalue weighted by Crippen LogP contribution is -1.94. The van der Waals surface area contributed by atoms with Crippen LogP contribution in [0.5, 0.6) is 0 Å². The van der Waals surface area contributed by atoms with Crippen molar-refractivity contribution in [3.05, 3.63) is 29.8 Å². The van der Waals surface area contributed by atoms with E-state index in [1.807, 2.05) is 19.9 Å². The first kappa shape index (κ1) is 7.91. The van der Waals surface area contributed by atoms with Crippen molar-refractivity contribution < 1.29 is 4.52 Å². The van der Waals surface area contributed by atoms with Crippen molar-refractivity contribution in [2.24, 2.45) is 0 Å². The number of aryl methyl sites for hydroxylation is 2. The van der Waals surface area contributed by atoms with Gasteiger partial charge in [-0.3, -0.25) is 0 Å². The molecule has 0 unspecified atom stereocenters. The number of rotatable bonds is 1. The lowest BCUT2D eigenvalue weighted by atomic mass is 10.3. The summed E-state index contributed by atoms with van der Waals surface area (Å²) in [6.45, 7) is 3.86. The normalized spacial score (nSPS) is 10.3. The third-order valence-corrected chi connectivity index (χ3v) is 1.65. The number of hydrogen-bond donors (Lipinski definition) is 0. The lowest BCUT2D eigenvalue weighted by molar-refractivity contribution is 0.422. The summed E-state index contributed by atoms with van der Waals surface area (Å²) in [7, 11) is 0. The summed E-state index contributed by atoms with van der Waals surface area (Å²) in [5.74, 6) is 0.617. The van der Waals surface area contributed by atoms with Gasteiger partial charge in [-0.1, -0.05) is 5.16 Å². The fourth-order valence-corrected chi connectivity index (χ4v) is 1.17. The SMILES string of the molecule is Cc1cc(C)nc(-c2ccon2)n1. The Morgan fingerprint density at radius 3 is 2.38 bits per heavy atom. The predicted octanol–water partition coefficient (Wildman–Crippen LogP) is 1.75. The molecule has 2 aromatic rings. The molecule has 0 radical (unpaired) electrons. The number of nitrogens with zero attached hydrogens (tertiary/aromatic N) is 3. The zero-order valence-corrected chi connectivity index (χ0v) is 7.48. The van der Waals surface area contributed by atoms with Gasteiger partial charge in [0.15, 0.2) is 11.5 Å². The molecule has 2 aromatic heterocycles. The summed E-state index contributed by atoms with van der Waals surface area (Å²) in [4.78, 5) is 8.49. The molecule has 0 aromatic carbocycles. The Balaban J connectivity index is 2.53. The minimum Gasteiger partial charge on any atom is -0.364 e. The summed E-state index contributed by atoms with van der Waals surface area (Å²) >= 11 is 0.